The third kappa shape index (κ3) is 1.64. The molecule has 4 heteroatoms. The molecule has 1 aromatic heterocycles. The van der Waals surface area contributed by atoms with Crippen LogP contribution in [0.25, 0.3) is 0 Å². The summed E-state index contributed by atoms with van der Waals surface area (Å²) in [4.78, 5) is 14.5. The summed E-state index contributed by atoms with van der Waals surface area (Å²) < 4.78 is 12.8. The number of nitriles is 1. The Morgan fingerprint density at radius 3 is 3.08 bits per heavy atom. The highest BCUT2D eigenvalue weighted by atomic mass is 19.1. The first-order valence-electron chi connectivity index (χ1n) is 3.25. The van der Waals surface area contributed by atoms with Crippen molar-refractivity contribution >= 4 is 5.78 Å². The number of hydrogen-bond donors (Lipinski definition) is 0. The Morgan fingerprint density at radius 2 is 2.50 bits per heavy atom. The van der Waals surface area contributed by atoms with Crippen LogP contribution in [0.5, 0.6) is 0 Å². The third-order valence-electron chi connectivity index (χ3n) is 1.31. The summed E-state index contributed by atoms with van der Waals surface area (Å²) in [5, 5.41) is 8.18. The number of pyridine rings is 1. The molecule has 0 atom stereocenters. The normalized spacial score (nSPS) is 9.00. The van der Waals surface area contributed by atoms with E-state index in [0.29, 0.717) is 0 Å². The summed E-state index contributed by atoms with van der Waals surface area (Å²) >= 11 is 0. The van der Waals surface area contributed by atoms with Crippen LogP contribution in [-0.4, -0.2) is 10.8 Å². The summed E-state index contributed by atoms with van der Waals surface area (Å²) in [5.41, 5.74) is -0.0773. The smallest absolute Gasteiger partial charge is 0.179 e. The van der Waals surface area contributed by atoms with Crippen LogP contribution in [0.3, 0.4) is 0 Å². The second kappa shape index (κ2) is 3.58. The second-order valence-corrected chi connectivity index (χ2v) is 2.11. The molecule has 0 unspecified atom stereocenters. The van der Waals surface area contributed by atoms with Gasteiger partial charge in [-0.25, -0.2) is 4.39 Å². The molecule has 1 aromatic rings. The molecule has 0 saturated carbocycles. The lowest BCUT2D eigenvalue weighted by atomic mass is 10.1. The zero-order valence-corrected chi connectivity index (χ0v) is 6.12. The molecule has 0 aliphatic rings. The van der Waals surface area contributed by atoms with E-state index in [9.17, 15) is 9.18 Å². The quantitative estimate of drug-likeness (QED) is 0.619. The number of ketones is 1. The number of halogens is 1. The van der Waals surface area contributed by atoms with Gasteiger partial charge in [0.15, 0.2) is 11.6 Å². The minimum Gasteiger partial charge on any atom is -0.293 e. The molecule has 0 fully saturated rings. The van der Waals surface area contributed by atoms with Crippen molar-refractivity contribution in [1.82, 2.24) is 4.98 Å². The molecule has 0 radical (unpaired) electrons. The van der Waals surface area contributed by atoms with E-state index < -0.39 is 11.6 Å². The fourth-order valence-electron chi connectivity index (χ4n) is 0.768. The number of carbonyl (C=O) groups excluding carboxylic acids is 1. The predicted molar refractivity (Wildman–Crippen MR) is 38.8 cm³/mol. The van der Waals surface area contributed by atoms with E-state index in [1.54, 1.807) is 6.07 Å². The predicted octanol–water partition coefficient (Wildman–Crippen LogP) is 1.32. The molecular weight excluding hydrogens is 159 g/mol. The average molecular weight is 164 g/mol. The van der Waals surface area contributed by atoms with E-state index in [-0.39, 0.29) is 12.0 Å². The minimum absolute atomic E-state index is 0.0773. The highest BCUT2D eigenvalue weighted by molar-refractivity contribution is 5.97. The van der Waals surface area contributed by atoms with Gasteiger partial charge in [0, 0.05) is 6.20 Å². The number of aromatic nitrogens is 1. The molecule has 0 aromatic carbocycles. The Balaban J connectivity index is 2.97. The Hall–Kier alpha value is -1.76. The third-order valence-corrected chi connectivity index (χ3v) is 1.31. The number of hydrogen-bond acceptors (Lipinski definition) is 3. The molecule has 0 saturated heterocycles. The van der Waals surface area contributed by atoms with E-state index in [1.807, 2.05) is 0 Å². The molecule has 0 aliphatic carbocycles. The molecule has 60 valence electrons. The van der Waals surface area contributed by atoms with Crippen LogP contribution < -0.4 is 0 Å². The van der Waals surface area contributed by atoms with E-state index in [2.05, 4.69) is 4.98 Å². The fraction of sp³-hybridized carbons (Fsp3) is 0.125. The van der Waals surface area contributed by atoms with Crippen molar-refractivity contribution < 1.29 is 9.18 Å². The summed E-state index contributed by atoms with van der Waals surface area (Å²) in [6.45, 7) is 0. The first kappa shape index (κ1) is 8.34. The number of Topliss-reactive ketones (excluding diaryl/α,β-unsaturated/α-hetero) is 1. The average Bonchev–Trinajstić information content (AvgIpc) is 2.05. The molecule has 0 bridgehead atoms. The van der Waals surface area contributed by atoms with Crippen molar-refractivity contribution in [3.8, 4) is 6.07 Å². The highest BCUT2D eigenvalue weighted by Gasteiger charge is 2.09. The van der Waals surface area contributed by atoms with Crippen LogP contribution in [0, 0.1) is 17.1 Å². The van der Waals surface area contributed by atoms with Gasteiger partial charge in [-0.3, -0.25) is 9.78 Å². The van der Waals surface area contributed by atoms with Gasteiger partial charge >= 0.3 is 0 Å². The lowest BCUT2D eigenvalue weighted by Crippen LogP contribution is -2.01. The lowest BCUT2D eigenvalue weighted by molar-refractivity contribution is 0.0993. The fourth-order valence-corrected chi connectivity index (χ4v) is 0.768. The van der Waals surface area contributed by atoms with E-state index in [1.165, 1.54) is 12.3 Å². The van der Waals surface area contributed by atoms with E-state index >= 15 is 0 Å². The lowest BCUT2D eigenvalue weighted by Gasteiger charge is -1.95. The van der Waals surface area contributed by atoms with Crippen molar-refractivity contribution in [3.63, 3.8) is 0 Å². The molecule has 0 aliphatic heterocycles. The molecule has 0 N–H and O–H groups in total. The van der Waals surface area contributed by atoms with Gasteiger partial charge in [-0.05, 0) is 6.07 Å². The van der Waals surface area contributed by atoms with Gasteiger partial charge in [0.1, 0.15) is 0 Å². The van der Waals surface area contributed by atoms with Crippen LogP contribution in [0.4, 0.5) is 4.39 Å². The largest absolute Gasteiger partial charge is 0.293 e. The van der Waals surface area contributed by atoms with Crippen molar-refractivity contribution in [2.45, 2.75) is 6.42 Å². The monoisotopic (exact) mass is 164 g/mol. The molecule has 0 spiro atoms. The van der Waals surface area contributed by atoms with Gasteiger partial charge in [0.2, 0.25) is 0 Å². The van der Waals surface area contributed by atoms with Gasteiger partial charge < -0.3 is 0 Å². The summed E-state index contributed by atoms with van der Waals surface area (Å²) in [7, 11) is 0. The van der Waals surface area contributed by atoms with Crippen molar-refractivity contribution in [2.75, 3.05) is 0 Å². The SMILES string of the molecule is N#CCC(=O)c1ccncc1F. The summed E-state index contributed by atoms with van der Waals surface area (Å²) in [5.74, 6) is -1.20. The number of carbonyl (C=O) groups is 1. The van der Waals surface area contributed by atoms with Crippen molar-refractivity contribution in [1.29, 1.82) is 5.26 Å². The Labute approximate surface area is 68.5 Å². The molecule has 12 heavy (non-hydrogen) atoms. The topological polar surface area (TPSA) is 53.8 Å². The number of nitrogens with zero attached hydrogens (tertiary/aromatic N) is 2. The van der Waals surface area contributed by atoms with Crippen molar-refractivity contribution in [2.24, 2.45) is 0 Å². The molecule has 0 amide bonds. The molecular formula is C8H5FN2O. The van der Waals surface area contributed by atoms with E-state index in [4.69, 9.17) is 5.26 Å². The Bertz CT molecular complexity index is 343. The maximum atomic E-state index is 12.8. The standard InChI is InChI=1S/C8H5FN2O/c9-7-5-11-4-2-6(7)8(12)1-3-10/h2,4-5H,1H2. The maximum Gasteiger partial charge on any atom is 0.179 e. The Morgan fingerprint density at radius 1 is 1.75 bits per heavy atom. The van der Waals surface area contributed by atoms with Crippen LogP contribution in [0.1, 0.15) is 16.8 Å². The van der Waals surface area contributed by atoms with Crippen molar-refractivity contribution in [3.05, 3.63) is 29.8 Å². The van der Waals surface area contributed by atoms with Gasteiger partial charge in [-0.1, -0.05) is 0 Å². The second-order valence-electron chi connectivity index (χ2n) is 2.11. The van der Waals surface area contributed by atoms with Crippen LogP contribution in [-0.2, 0) is 0 Å². The first-order chi connectivity index (χ1) is 5.75. The zero-order valence-electron chi connectivity index (χ0n) is 6.12. The molecule has 1 heterocycles. The van der Waals surface area contributed by atoms with Gasteiger partial charge in [-0.15, -0.1) is 0 Å². The van der Waals surface area contributed by atoms with Gasteiger partial charge in [0.25, 0.3) is 0 Å². The highest BCUT2D eigenvalue weighted by Crippen LogP contribution is 2.06. The van der Waals surface area contributed by atoms with Crippen LogP contribution in [0.2, 0.25) is 0 Å². The van der Waals surface area contributed by atoms with Gasteiger partial charge in [0.05, 0.1) is 24.3 Å². The number of rotatable bonds is 2. The summed E-state index contributed by atoms with van der Waals surface area (Å²) in [6, 6.07) is 2.92. The first-order valence-corrected chi connectivity index (χ1v) is 3.25. The van der Waals surface area contributed by atoms with Gasteiger partial charge in [-0.2, -0.15) is 5.26 Å². The Kier molecular flexibility index (Phi) is 2.49. The molecule has 1 rings (SSSR count). The van der Waals surface area contributed by atoms with Crippen LogP contribution >= 0.6 is 0 Å². The van der Waals surface area contributed by atoms with Crippen LogP contribution in [0.15, 0.2) is 18.5 Å². The zero-order chi connectivity index (χ0) is 8.97. The summed E-state index contributed by atoms with van der Waals surface area (Å²) in [6.07, 6.45) is 1.96. The molecule has 3 nitrogen and oxygen atoms in total. The maximum absolute atomic E-state index is 12.8. The minimum atomic E-state index is -0.683. The van der Waals surface area contributed by atoms with E-state index in [0.717, 1.165) is 6.20 Å².